The minimum atomic E-state index is 0.871. The fraction of sp³-hybridized carbons (Fsp3) is 0.300. The number of rotatable bonds is 2. The van der Waals surface area contributed by atoms with Crippen molar-refractivity contribution in [1.29, 1.82) is 0 Å². The lowest BCUT2D eigenvalue weighted by Gasteiger charge is -2.01. The van der Waals surface area contributed by atoms with Gasteiger partial charge in [0.25, 0.3) is 0 Å². The molecule has 0 atom stereocenters. The summed E-state index contributed by atoms with van der Waals surface area (Å²) in [7, 11) is 1.75. The first-order chi connectivity index (χ1) is 6.38. The van der Waals surface area contributed by atoms with Crippen molar-refractivity contribution in [3.63, 3.8) is 0 Å². The van der Waals surface area contributed by atoms with Crippen molar-refractivity contribution >= 4 is 18.1 Å². The molecule has 0 saturated heterocycles. The Morgan fingerprint density at radius 2 is 2.15 bits per heavy atom. The van der Waals surface area contributed by atoms with Crippen LogP contribution in [0.2, 0.25) is 0 Å². The molecule has 3 heteroatoms. The van der Waals surface area contributed by atoms with Gasteiger partial charge in [0.15, 0.2) is 0 Å². The Bertz CT molecular complexity index is 306. The highest BCUT2D eigenvalue weighted by molar-refractivity contribution is 6.44. The van der Waals surface area contributed by atoms with Crippen molar-refractivity contribution in [2.45, 2.75) is 13.3 Å². The zero-order valence-corrected chi connectivity index (χ0v) is 7.94. The molecule has 0 spiro atoms. The van der Waals surface area contributed by atoms with Gasteiger partial charge in [-0.25, -0.2) is 0 Å². The van der Waals surface area contributed by atoms with Gasteiger partial charge in [-0.2, -0.15) is 10.2 Å². The first-order valence-electron chi connectivity index (χ1n) is 4.29. The summed E-state index contributed by atoms with van der Waals surface area (Å²) < 4.78 is 0. The number of allylic oxidation sites excluding steroid dienone is 4. The number of aliphatic imine (C=N–C) groups is 1. The Morgan fingerprint density at radius 1 is 1.38 bits per heavy atom. The van der Waals surface area contributed by atoms with Crippen molar-refractivity contribution in [1.82, 2.24) is 0 Å². The van der Waals surface area contributed by atoms with Gasteiger partial charge in [-0.05, 0) is 6.42 Å². The highest BCUT2D eigenvalue weighted by atomic mass is 15.2. The van der Waals surface area contributed by atoms with Crippen molar-refractivity contribution < 1.29 is 0 Å². The van der Waals surface area contributed by atoms with Crippen LogP contribution in [0.5, 0.6) is 0 Å². The molecular formula is C10H13N3. The Labute approximate surface area is 78.3 Å². The van der Waals surface area contributed by atoms with Crippen LogP contribution in [0.3, 0.4) is 0 Å². The van der Waals surface area contributed by atoms with Gasteiger partial charge in [-0.1, -0.05) is 25.2 Å². The van der Waals surface area contributed by atoms with Crippen LogP contribution >= 0.6 is 0 Å². The zero-order valence-electron chi connectivity index (χ0n) is 7.94. The quantitative estimate of drug-likeness (QED) is 0.615. The standard InChI is InChI=1S/C10H13N3/c1-3-4-5-6-9-7-12-13-8-10(9)11-2/h4-8H,3H2,1-2H3/b5-4-,9-6-,11-10?. The lowest BCUT2D eigenvalue weighted by molar-refractivity contribution is 1.22. The van der Waals surface area contributed by atoms with Crippen LogP contribution in [0, 0.1) is 0 Å². The Morgan fingerprint density at radius 3 is 2.85 bits per heavy atom. The molecule has 1 aliphatic rings. The molecule has 0 aromatic heterocycles. The summed E-state index contributed by atoms with van der Waals surface area (Å²) >= 11 is 0. The highest BCUT2D eigenvalue weighted by Crippen LogP contribution is 2.00. The van der Waals surface area contributed by atoms with Gasteiger partial charge in [-0.3, -0.25) is 4.99 Å². The van der Waals surface area contributed by atoms with E-state index in [2.05, 4.69) is 28.2 Å². The predicted molar refractivity (Wildman–Crippen MR) is 57.9 cm³/mol. The number of hydrogen-bond donors (Lipinski definition) is 0. The molecule has 0 bridgehead atoms. The highest BCUT2D eigenvalue weighted by Gasteiger charge is 2.02. The largest absolute Gasteiger partial charge is 0.286 e. The molecule has 0 aromatic carbocycles. The van der Waals surface area contributed by atoms with E-state index in [1.807, 2.05) is 12.2 Å². The average molecular weight is 175 g/mol. The van der Waals surface area contributed by atoms with Crippen LogP contribution in [0.1, 0.15) is 13.3 Å². The maximum absolute atomic E-state index is 4.08. The van der Waals surface area contributed by atoms with E-state index >= 15 is 0 Å². The molecule has 3 nitrogen and oxygen atoms in total. The summed E-state index contributed by atoms with van der Waals surface area (Å²) in [5, 5.41) is 7.55. The minimum Gasteiger partial charge on any atom is -0.286 e. The van der Waals surface area contributed by atoms with Crippen LogP contribution < -0.4 is 0 Å². The predicted octanol–water partition coefficient (Wildman–Crippen LogP) is 2.02. The third kappa shape index (κ3) is 2.78. The minimum absolute atomic E-state index is 0.871. The Hall–Kier alpha value is -1.51. The molecule has 0 fully saturated rings. The summed E-state index contributed by atoms with van der Waals surface area (Å²) in [5.41, 5.74) is 1.87. The Kier molecular flexibility index (Phi) is 3.82. The van der Waals surface area contributed by atoms with Crippen LogP contribution in [-0.2, 0) is 0 Å². The van der Waals surface area contributed by atoms with Crippen LogP contribution in [0.25, 0.3) is 0 Å². The molecule has 0 amide bonds. The fourth-order valence-corrected chi connectivity index (χ4v) is 0.947. The second-order valence-corrected chi connectivity index (χ2v) is 2.56. The van der Waals surface area contributed by atoms with Gasteiger partial charge in [-0.15, -0.1) is 0 Å². The topological polar surface area (TPSA) is 37.1 Å². The van der Waals surface area contributed by atoms with Crippen LogP contribution in [-0.4, -0.2) is 25.2 Å². The summed E-state index contributed by atoms with van der Waals surface area (Å²) in [6, 6.07) is 0. The zero-order chi connectivity index (χ0) is 9.52. The van der Waals surface area contributed by atoms with E-state index in [1.165, 1.54) is 0 Å². The van der Waals surface area contributed by atoms with Crippen molar-refractivity contribution in [3.8, 4) is 0 Å². The lowest BCUT2D eigenvalue weighted by atomic mass is 10.1. The molecular weight excluding hydrogens is 162 g/mol. The van der Waals surface area contributed by atoms with E-state index in [4.69, 9.17) is 0 Å². The van der Waals surface area contributed by atoms with Crippen molar-refractivity contribution in [3.05, 3.63) is 23.8 Å². The summed E-state index contributed by atoms with van der Waals surface area (Å²) in [6.07, 6.45) is 10.5. The van der Waals surface area contributed by atoms with E-state index in [9.17, 15) is 0 Å². The van der Waals surface area contributed by atoms with E-state index in [0.717, 1.165) is 17.7 Å². The molecule has 1 heterocycles. The molecule has 1 aliphatic heterocycles. The Balaban J connectivity index is 2.79. The van der Waals surface area contributed by atoms with Gasteiger partial charge < -0.3 is 0 Å². The third-order valence-electron chi connectivity index (χ3n) is 1.63. The van der Waals surface area contributed by atoms with E-state index < -0.39 is 0 Å². The number of nitrogens with zero attached hydrogens (tertiary/aromatic N) is 3. The average Bonchev–Trinajstić information content (AvgIpc) is 2.19. The van der Waals surface area contributed by atoms with E-state index in [-0.39, 0.29) is 0 Å². The van der Waals surface area contributed by atoms with Gasteiger partial charge in [0.05, 0.1) is 18.1 Å². The lowest BCUT2D eigenvalue weighted by Crippen LogP contribution is -2.08. The normalized spacial score (nSPS) is 22.3. The maximum atomic E-state index is 4.08. The molecule has 0 aromatic rings. The molecule has 13 heavy (non-hydrogen) atoms. The van der Waals surface area contributed by atoms with Gasteiger partial charge >= 0.3 is 0 Å². The maximum Gasteiger partial charge on any atom is 0.0860 e. The molecule has 0 radical (unpaired) electrons. The third-order valence-corrected chi connectivity index (χ3v) is 1.63. The summed E-state index contributed by atoms with van der Waals surface area (Å²) in [6.45, 7) is 2.10. The molecule has 0 saturated carbocycles. The summed E-state index contributed by atoms with van der Waals surface area (Å²) in [5.74, 6) is 0. The van der Waals surface area contributed by atoms with Crippen LogP contribution in [0.15, 0.2) is 39.0 Å². The molecule has 1 rings (SSSR count). The van der Waals surface area contributed by atoms with Crippen molar-refractivity contribution in [2.75, 3.05) is 7.05 Å². The van der Waals surface area contributed by atoms with Gasteiger partial charge in [0.2, 0.25) is 0 Å². The van der Waals surface area contributed by atoms with Gasteiger partial charge in [0.1, 0.15) is 0 Å². The second-order valence-electron chi connectivity index (χ2n) is 2.56. The smallest absolute Gasteiger partial charge is 0.0860 e. The number of hydrogen-bond acceptors (Lipinski definition) is 3. The van der Waals surface area contributed by atoms with Crippen LogP contribution in [0.4, 0.5) is 0 Å². The first kappa shape index (κ1) is 9.58. The fourth-order valence-electron chi connectivity index (χ4n) is 0.947. The monoisotopic (exact) mass is 175 g/mol. The first-order valence-corrected chi connectivity index (χ1v) is 4.29. The van der Waals surface area contributed by atoms with E-state index in [0.29, 0.717) is 0 Å². The molecule has 0 aliphatic carbocycles. The molecule has 0 N–H and O–H groups in total. The summed E-state index contributed by atoms with van der Waals surface area (Å²) in [4.78, 5) is 4.08. The van der Waals surface area contributed by atoms with E-state index in [1.54, 1.807) is 19.5 Å². The second kappa shape index (κ2) is 5.19. The molecule has 68 valence electrons. The van der Waals surface area contributed by atoms with Crippen molar-refractivity contribution in [2.24, 2.45) is 15.2 Å². The SMILES string of the molecule is CC/C=C\C=C1\C=NN=CC1=NC. The molecule has 0 unspecified atom stereocenters. The van der Waals surface area contributed by atoms with Gasteiger partial charge in [0, 0.05) is 12.6 Å².